The molecule has 1 amide bonds. The molecule has 5 nitrogen and oxygen atoms in total. The fraction of sp³-hybridized carbons (Fsp3) is 0.417. The molecule has 30 heavy (non-hydrogen) atoms. The predicted molar refractivity (Wildman–Crippen MR) is 124 cm³/mol. The van der Waals surface area contributed by atoms with Gasteiger partial charge in [0.15, 0.2) is 0 Å². The largest absolute Gasteiger partial charge is 0.494 e. The van der Waals surface area contributed by atoms with Gasteiger partial charge in [0.2, 0.25) is 5.91 Å². The van der Waals surface area contributed by atoms with Gasteiger partial charge in [0.25, 0.3) is 0 Å². The number of aromatic nitrogens is 2. The summed E-state index contributed by atoms with van der Waals surface area (Å²) < 4.78 is 8.14. The number of hydrogen-bond acceptors (Lipinski definition) is 3. The van der Waals surface area contributed by atoms with E-state index in [4.69, 9.17) is 9.72 Å². The Hall–Kier alpha value is -2.53. The summed E-state index contributed by atoms with van der Waals surface area (Å²) in [4.78, 5) is 16.9. The highest BCUT2D eigenvalue weighted by Crippen LogP contribution is 2.18. The molecule has 162 valence electrons. The van der Waals surface area contributed by atoms with E-state index < -0.39 is 0 Å². The standard InChI is InChI=1S/C24H31N3O2.ClH/c1-18-9-7-10-19(17-18)29-16-8-15-27-21-12-6-5-11-20(21)26-22(27)13-14-25-23(28)24(2,3)4;/h5-7,9-12,17H,8,13-16H2,1-4H3,(H,25,28);1H. The Morgan fingerprint density at radius 3 is 2.63 bits per heavy atom. The maximum absolute atomic E-state index is 12.1. The lowest BCUT2D eigenvalue weighted by Crippen LogP contribution is -2.36. The number of amides is 1. The van der Waals surface area contributed by atoms with Gasteiger partial charge in [-0.05, 0) is 43.2 Å². The molecule has 1 aromatic heterocycles. The van der Waals surface area contributed by atoms with Crippen molar-refractivity contribution in [2.45, 2.75) is 47.1 Å². The first-order valence-electron chi connectivity index (χ1n) is 10.3. The Morgan fingerprint density at radius 2 is 1.90 bits per heavy atom. The van der Waals surface area contributed by atoms with E-state index in [1.165, 1.54) is 5.56 Å². The van der Waals surface area contributed by atoms with E-state index in [0.29, 0.717) is 19.6 Å². The molecule has 0 aliphatic rings. The zero-order chi connectivity index (χ0) is 20.9. The molecule has 0 spiro atoms. The van der Waals surface area contributed by atoms with Gasteiger partial charge in [-0.1, -0.05) is 45.0 Å². The zero-order valence-corrected chi connectivity index (χ0v) is 19.1. The first-order chi connectivity index (χ1) is 13.8. The van der Waals surface area contributed by atoms with Crippen molar-refractivity contribution in [3.05, 3.63) is 59.9 Å². The number of carbonyl (C=O) groups excluding carboxylic acids is 1. The van der Waals surface area contributed by atoms with Crippen molar-refractivity contribution in [1.29, 1.82) is 0 Å². The van der Waals surface area contributed by atoms with Gasteiger partial charge in [-0.2, -0.15) is 0 Å². The molecule has 3 rings (SSSR count). The Bertz CT molecular complexity index is 976. The number of aryl methyl sites for hydroxylation is 2. The van der Waals surface area contributed by atoms with Crippen molar-refractivity contribution in [2.75, 3.05) is 13.2 Å². The van der Waals surface area contributed by atoms with Gasteiger partial charge in [0.1, 0.15) is 11.6 Å². The molecule has 0 bridgehead atoms. The monoisotopic (exact) mass is 429 g/mol. The van der Waals surface area contributed by atoms with Crippen LogP contribution in [0.25, 0.3) is 11.0 Å². The average molecular weight is 430 g/mol. The van der Waals surface area contributed by atoms with Crippen LogP contribution in [0.1, 0.15) is 38.6 Å². The number of nitrogens with one attached hydrogen (secondary N) is 1. The van der Waals surface area contributed by atoms with Gasteiger partial charge in [-0.3, -0.25) is 4.79 Å². The predicted octanol–water partition coefficient (Wildman–Crippen LogP) is 4.94. The number of halogens is 1. The smallest absolute Gasteiger partial charge is 0.225 e. The van der Waals surface area contributed by atoms with Crippen LogP contribution in [0.3, 0.4) is 0 Å². The van der Waals surface area contributed by atoms with Crippen LogP contribution in [0.2, 0.25) is 0 Å². The second kappa shape index (κ2) is 10.5. The van der Waals surface area contributed by atoms with E-state index in [2.05, 4.69) is 35.0 Å². The average Bonchev–Trinajstić information content (AvgIpc) is 3.02. The van der Waals surface area contributed by atoms with Gasteiger partial charge in [-0.15, -0.1) is 12.4 Å². The number of benzene rings is 2. The van der Waals surface area contributed by atoms with Crippen molar-refractivity contribution in [3.8, 4) is 5.75 Å². The highest BCUT2D eigenvalue weighted by molar-refractivity contribution is 5.85. The lowest BCUT2D eigenvalue weighted by Gasteiger charge is -2.17. The maximum Gasteiger partial charge on any atom is 0.225 e. The van der Waals surface area contributed by atoms with E-state index in [1.54, 1.807) is 0 Å². The topological polar surface area (TPSA) is 56.1 Å². The van der Waals surface area contributed by atoms with Crippen LogP contribution in [0.5, 0.6) is 5.75 Å². The third-order valence-corrected chi connectivity index (χ3v) is 4.83. The SMILES string of the molecule is Cc1cccc(OCCCn2c(CCNC(=O)C(C)(C)C)nc3ccccc32)c1.Cl. The van der Waals surface area contributed by atoms with Gasteiger partial charge in [-0.25, -0.2) is 4.98 Å². The van der Waals surface area contributed by atoms with E-state index in [1.807, 2.05) is 51.1 Å². The zero-order valence-electron chi connectivity index (χ0n) is 18.3. The Balaban J connectivity index is 0.00000320. The Labute approximate surface area is 185 Å². The number of para-hydroxylation sites is 2. The van der Waals surface area contributed by atoms with Gasteiger partial charge in [0, 0.05) is 24.9 Å². The van der Waals surface area contributed by atoms with Crippen molar-refractivity contribution < 1.29 is 9.53 Å². The number of hydrogen-bond donors (Lipinski definition) is 1. The molecule has 3 aromatic rings. The normalized spacial score (nSPS) is 11.2. The Morgan fingerprint density at radius 1 is 1.13 bits per heavy atom. The summed E-state index contributed by atoms with van der Waals surface area (Å²) in [5.41, 5.74) is 2.93. The van der Waals surface area contributed by atoms with E-state index >= 15 is 0 Å². The first-order valence-corrected chi connectivity index (χ1v) is 10.3. The molecule has 0 unspecified atom stereocenters. The number of carbonyl (C=O) groups is 1. The van der Waals surface area contributed by atoms with Crippen molar-refractivity contribution in [3.63, 3.8) is 0 Å². The highest BCUT2D eigenvalue weighted by Gasteiger charge is 2.20. The van der Waals surface area contributed by atoms with Gasteiger partial charge in [0.05, 0.1) is 17.6 Å². The molecular weight excluding hydrogens is 398 g/mol. The molecule has 0 atom stereocenters. The fourth-order valence-electron chi connectivity index (χ4n) is 3.24. The molecule has 1 heterocycles. The molecule has 0 saturated heterocycles. The van der Waals surface area contributed by atoms with E-state index in [9.17, 15) is 4.79 Å². The molecule has 6 heteroatoms. The third-order valence-electron chi connectivity index (χ3n) is 4.83. The van der Waals surface area contributed by atoms with E-state index in [0.717, 1.165) is 35.6 Å². The summed E-state index contributed by atoms with van der Waals surface area (Å²) >= 11 is 0. The lowest BCUT2D eigenvalue weighted by molar-refractivity contribution is -0.128. The second-order valence-electron chi connectivity index (χ2n) is 8.44. The minimum atomic E-state index is -0.382. The van der Waals surface area contributed by atoms with Crippen molar-refractivity contribution in [1.82, 2.24) is 14.9 Å². The quantitative estimate of drug-likeness (QED) is 0.516. The van der Waals surface area contributed by atoms with Crippen molar-refractivity contribution in [2.24, 2.45) is 5.41 Å². The van der Waals surface area contributed by atoms with Crippen LogP contribution in [0.15, 0.2) is 48.5 Å². The van der Waals surface area contributed by atoms with E-state index in [-0.39, 0.29) is 23.7 Å². The molecule has 0 aliphatic carbocycles. The maximum atomic E-state index is 12.1. The minimum absolute atomic E-state index is 0. The van der Waals surface area contributed by atoms with Crippen LogP contribution in [0, 0.1) is 12.3 Å². The molecule has 2 aromatic carbocycles. The van der Waals surface area contributed by atoms with Gasteiger partial charge >= 0.3 is 0 Å². The second-order valence-corrected chi connectivity index (χ2v) is 8.44. The molecular formula is C24H32ClN3O2. The van der Waals surface area contributed by atoms with Crippen LogP contribution in [-0.2, 0) is 17.8 Å². The third kappa shape index (κ3) is 6.23. The summed E-state index contributed by atoms with van der Waals surface area (Å²) in [7, 11) is 0. The molecule has 0 saturated carbocycles. The van der Waals surface area contributed by atoms with Crippen LogP contribution < -0.4 is 10.1 Å². The summed E-state index contributed by atoms with van der Waals surface area (Å²) in [5.74, 6) is 1.97. The number of imidazole rings is 1. The Kier molecular flexibility index (Phi) is 8.30. The first kappa shape index (κ1) is 23.7. The minimum Gasteiger partial charge on any atom is -0.494 e. The summed E-state index contributed by atoms with van der Waals surface area (Å²) in [6, 6.07) is 16.3. The van der Waals surface area contributed by atoms with Crippen LogP contribution in [-0.4, -0.2) is 28.6 Å². The van der Waals surface area contributed by atoms with Gasteiger partial charge < -0.3 is 14.6 Å². The molecule has 0 aliphatic heterocycles. The fourth-order valence-corrected chi connectivity index (χ4v) is 3.24. The molecule has 0 radical (unpaired) electrons. The molecule has 0 fully saturated rings. The molecule has 1 N–H and O–H groups in total. The van der Waals surface area contributed by atoms with Crippen molar-refractivity contribution >= 4 is 29.3 Å². The number of nitrogens with zero attached hydrogens (tertiary/aromatic N) is 2. The van der Waals surface area contributed by atoms with Crippen LogP contribution in [0.4, 0.5) is 0 Å². The number of fused-ring (bicyclic) bond motifs is 1. The van der Waals surface area contributed by atoms with Crippen LogP contribution >= 0.6 is 12.4 Å². The highest BCUT2D eigenvalue weighted by atomic mass is 35.5. The summed E-state index contributed by atoms with van der Waals surface area (Å²) in [6.45, 7) is 9.89. The number of ether oxygens (including phenoxy) is 1. The summed E-state index contributed by atoms with van der Waals surface area (Å²) in [5, 5.41) is 3.02. The summed E-state index contributed by atoms with van der Waals surface area (Å²) in [6.07, 6.45) is 1.59. The lowest BCUT2D eigenvalue weighted by atomic mass is 9.96. The number of rotatable bonds is 8.